The fourth-order valence-electron chi connectivity index (χ4n) is 3.30. The first-order valence-corrected chi connectivity index (χ1v) is 10.2. The maximum atomic E-state index is 12.3. The van der Waals surface area contributed by atoms with Gasteiger partial charge in [0, 0.05) is 54.7 Å². The van der Waals surface area contributed by atoms with Crippen molar-refractivity contribution in [3.63, 3.8) is 0 Å². The second-order valence-corrected chi connectivity index (χ2v) is 8.40. The Balaban J connectivity index is 1.42. The lowest BCUT2D eigenvalue weighted by atomic mass is 10.1. The Morgan fingerprint density at radius 2 is 2.00 bits per heavy atom. The van der Waals surface area contributed by atoms with E-state index in [0.29, 0.717) is 12.5 Å². The molecule has 1 saturated heterocycles. The molecule has 2 amide bonds. The Hall–Kier alpha value is -1.40. The number of nitrogens with zero attached hydrogens (tertiary/aromatic N) is 2. The standard InChI is InChI=1S/C18H27N3O2S/c1-20(12-14-3-7-17(8-4-14)24(2)23)18(22)19-11-15-9-10-21(13-15)16-5-6-16/h3-4,7-8,15-16H,5-6,9-13H2,1-2H3,(H,19,22)/t15-,24-/m1/s1. The van der Waals surface area contributed by atoms with E-state index in [9.17, 15) is 9.00 Å². The maximum Gasteiger partial charge on any atom is 0.317 e. The van der Waals surface area contributed by atoms with Crippen LogP contribution in [-0.4, -0.2) is 59.0 Å². The summed E-state index contributed by atoms with van der Waals surface area (Å²) >= 11 is 0. The Kier molecular flexibility index (Phi) is 5.56. The van der Waals surface area contributed by atoms with E-state index in [-0.39, 0.29) is 6.03 Å². The third kappa shape index (κ3) is 4.57. The average molecular weight is 350 g/mol. The summed E-state index contributed by atoms with van der Waals surface area (Å²) in [6, 6.07) is 8.40. The first-order valence-electron chi connectivity index (χ1n) is 8.68. The molecule has 132 valence electrons. The second-order valence-electron chi connectivity index (χ2n) is 7.02. The molecule has 1 aliphatic carbocycles. The molecule has 1 aliphatic heterocycles. The van der Waals surface area contributed by atoms with E-state index >= 15 is 0 Å². The van der Waals surface area contributed by atoms with E-state index < -0.39 is 10.8 Å². The van der Waals surface area contributed by atoms with Crippen LogP contribution >= 0.6 is 0 Å². The number of hydrogen-bond acceptors (Lipinski definition) is 3. The minimum Gasteiger partial charge on any atom is -0.338 e. The highest BCUT2D eigenvalue weighted by Gasteiger charge is 2.34. The zero-order valence-electron chi connectivity index (χ0n) is 14.5. The van der Waals surface area contributed by atoms with E-state index in [1.165, 1.54) is 25.8 Å². The number of likely N-dealkylation sites (tertiary alicyclic amines) is 1. The minimum atomic E-state index is -0.962. The fraction of sp³-hybridized carbons (Fsp3) is 0.611. The van der Waals surface area contributed by atoms with Crippen molar-refractivity contribution in [2.75, 3.05) is 32.9 Å². The molecule has 1 aromatic rings. The predicted octanol–water partition coefficient (Wildman–Crippen LogP) is 2.05. The zero-order valence-corrected chi connectivity index (χ0v) is 15.3. The van der Waals surface area contributed by atoms with Gasteiger partial charge in [0.2, 0.25) is 0 Å². The number of rotatable bonds is 6. The van der Waals surface area contributed by atoms with Crippen LogP contribution in [0.4, 0.5) is 4.79 Å². The van der Waals surface area contributed by atoms with Gasteiger partial charge in [-0.25, -0.2) is 4.79 Å². The number of carbonyl (C=O) groups is 1. The molecule has 24 heavy (non-hydrogen) atoms. The molecule has 1 aromatic carbocycles. The van der Waals surface area contributed by atoms with Crippen molar-refractivity contribution < 1.29 is 9.00 Å². The summed E-state index contributed by atoms with van der Waals surface area (Å²) in [5.74, 6) is 0.585. The van der Waals surface area contributed by atoms with Gasteiger partial charge in [-0.2, -0.15) is 0 Å². The third-order valence-corrected chi connectivity index (χ3v) is 5.88. The lowest BCUT2D eigenvalue weighted by Gasteiger charge is -2.20. The average Bonchev–Trinajstić information content (AvgIpc) is 3.31. The summed E-state index contributed by atoms with van der Waals surface area (Å²) < 4.78 is 11.4. The molecule has 0 aromatic heterocycles. The number of urea groups is 1. The monoisotopic (exact) mass is 349 g/mol. The van der Waals surface area contributed by atoms with Crippen LogP contribution < -0.4 is 5.32 Å². The van der Waals surface area contributed by atoms with Gasteiger partial charge in [-0.15, -0.1) is 0 Å². The number of benzene rings is 1. The summed E-state index contributed by atoms with van der Waals surface area (Å²) in [5.41, 5.74) is 1.04. The molecule has 1 heterocycles. The molecule has 0 spiro atoms. The molecule has 6 heteroatoms. The number of nitrogens with one attached hydrogen (secondary N) is 1. The molecule has 2 fully saturated rings. The highest BCUT2D eigenvalue weighted by molar-refractivity contribution is 7.84. The normalized spacial score (nSPS) is 22.3. The topological polar surface area (TPSA) is 52.7 Å². The molecular formula is C18H27N3O2S. The Labute approximate surface area is 146 Å². The molecule has 1 saturated carbocycles. The summed E-state index contributed by atoms with van der Waals surface area (Å²) in [6.45, 7) is 3.64. The number of hydrogen-bond donors (Lipinski definition) is 1. The zero-order chi connectivity index (χ0) is 17.1. The molecule has 2 aliphatic rings. The van der Waals surface area contributed by atoms with Crippen LogP contribution in [0.5, 0.6) is 0 Å². The summed E-state index contributed by atoms with van der Waals surface area (Å²) in [5, 5.41) is 3.07. The van der Waals surface area contributed by atoms with Crippen LogP contribution in [0, 0.1) is 5.92 Å². The maximum absolute atomic E-state index is 12.3. The molecule has 0 unspecified atom stereocenters. The van der Waals surface area contributed by atoms with E-state index in [4.69, 9.17) is 0 Å². The van der Waals surface area contributed by atoms with Crippen molar-refractivity contribution in [1.29, 1.82) is 0 Å². The summed E-state index contributed by atoms with van der Waals surface area (Å²) in [6.07, 6.45) is 5.57. The van der Waals surface area contributed by atoms with Crippen molar-refractivity contribution in [1.82, 2.24) is 15.1 Å². The largest absolute Gasteiger partial charge is 0.338 e. The second kappa shape index (κ2) is 7.66. The molecule has 1 N–H and O–H groups in total. The predicted molar refractivity (Wildman–Crippen MR) is 96.3 cm³/mol. The highest BCUT2D eigenvalue weighted by Crippen LogP contribution is 2.31. The molecule has 5 nitrogen and oxygen atoms in total. The summed E-state index contributed by atoms with van der Waals surface area (Å²) in [7, 11) is 0.850. The Morgan fingerprint density at radius 3 is 2.62 bits per heavy atom. The first-order chi connectivity index (χ1) is 11.5. The first kappa shape index (κ1) is 17.4. The van der Waals surface area contributed by atoms with E-state index in [1.807, 2.05) is 31.3 Å². The van der Waals surface area contributed by atoms with E-state index in [0.717, 1.165) is 29.6 Å². The molecule has 3 rings (SSSR count). The lowest BCUT2D eigenvalue weighted by Crippen LogP contribution is -2.39. The van der Waals surface area contributed by atoms with Crippen LogP contribution in [-0.2, 0) is 17.3 Å². The van der Waals surface area contributed by atoms with Gasteiger partial charge in [-0.05, 0) is 49.4 Å². The van der Waals surface area contributed by atoms with Crippen molar-refractivity contribution in [2.45, 2.75) is 36.7 Å². The van der Waals surface area contributed by atoms with Gasteiger partial charge in [-0.3, -0.25) is 4.21 Å². The van der Waals surface area contributed by atoms with Gasteiger partial charge in [0.05, 0.1) is 0 Å². The Bertz CT molecular complexity index is 601. The van der Waals surface area contributed by atoms with Crippen molar-refractivity contribution in [3.8, 4) is 0 Å². The van der Waals surface area contributed by atoms with Crippen LogP contribution in [0.2, 0.25) is 0 Å². The van der Waals surface area contributed by atoms with Crippen LogP contribution in [0.25, 0.3) is 0 Å². The van der Waals surface area contributed by atoms with Crippen molar-refractivity contribution >= 4 is 16.8 Å². The quantitative estimate of drug-likeness (QED) is 0.855. The number of amides is 2. The van der Waals surface area contributed by atoms with Gasteiger partial charge in [-0.1, -0.05) is 12.1 Å². The SMILES string of the molecule is CN(Cc1ccc([S@@](C)=O)cc1)C(=O)NC[C@H]1CCN(C2CC2)C1. The smallest absolute Gasteiger partial charge is 0.317 e. The highest BCUT2D eigenvalue weighted by atomic mass is 32.2. The molecule has 2 atom stereocenters. The van der Waals surface area contributed by atoms with E-state index in [2.05, 4.69) is 10.2 Å². The summed E-state index contributed by atoms with van der Waals surface area (Å²) in [4.78, 5) is 17.3. The Morgan fingerprint density at radius 1 is 1.29 bits per heavy atom. The van der Waals surface area contributed by atoms with Gasteiger partial charge >= 0.3 is 6.03 Å². The van der Waals surface area contributed by atoms with Crippen LogP contribution in [0.1, 0.15) is 24.8 Å². The van der Waals surface area contributed by atoms with Gasteiger partial charge < -0.3 is 15.1 Å². The fourth-order valence-corrected chi connectivity index (χ4v) is 3.82. The van der Waals surface area contributed by atoms with Crippen molar-refractivity contribution in [3.05, 3.63) is 29.8 Å². The van der Waals surface area contributed by atoms with Crippen LogP contribution in [0.3, 0.4) is 0 Å². The van der Waals surface area contributed by atoms with Crippen LogP contribution in [0.15, 0.2) is 29.2 Å². The molecular weight excluding hydrogens is 322 g/mol. The number of carbonyl (C=O) groups excluding carboxylic acids is 1. The van der Waals surface area contributed by atoms with Gasteiger partial charge in [0.25, 0.3) is 0 Å². The third-order valence-electron chi connectivity index (χ3n) is 4.94. The van der Waals surface area contributed by atoms with Crippen molar-refractivity contribution in [2.24, 2.45) is 5.92 Å². The van der Waals surface area contributed by atoms with E-state index in [1.54, 1.807) is 11.2 Å². The van der Waals surface area contributed by atoms with Gasteiger partial charge in [0.15, 0.2) is 0 Å². The minimum absolute atomic E-state index is 0.0250. The van der Waals surface area contributed by atoms with Gasteiger partial charge in [0.1, 0.15) is 0 Å². The molecule has 0 bridgehead atoms. The molecule has 0 radical (unpaired) electrons. The lowest BCUT2D eigenvalue weighted by molar-refractivity contribution is 0.204.